The summed E-state index contributed by atoms with van der Waals surface area (Å²) in [4.78, 5) is 1.74. The van der Waals surface area contributed by atoms with Gasteiger partial charge in [0.25, 0.3) is 10.0 Å². The first-order valence-corrected chi connectivity index (χ1v) is 12.2. The number of rotatable bonds is 8. The maximum Gasteiger partial charge on any atom is 0.250 e. The van der Waals surface area contributed by atoms with Gasteiger partial charge in [-0.3, -0.25) is 0 Å². The molecule has 0 bridgehead atoms. The first kappa shape index (κ1) is 25.1. The SMILES string of the molecule is CCN(CC)c1ccc2cc(C=C(C#N)S(=O)(=O)NCC3OCC(O)C(O)C3O)ccc2c1. The molecule has 0 radical (unpaired) electrons. The Bertz CT molecular complexity index is 1160. The third-order valence-electron chi connectivity index (χ3n) is 5.75. The number of hydrogen-bond acceptors (Lipinski definition) is 8. The summed E-state index contributed by atoms with van der Waals surface area (Å²) < 4.78 is 32.7. The van der Waals surface area contributed by atoms with Crippen LogP contribution in [-0.4, -0.2) is 74.4 Å². The molecule has 1 fully saturated rings. The Morgan fingerprint density at radius 1 is 1.15 bits per heavy atom. The molecule has 0 aliphatic carbocycles. The van der Waals surface area contributed by atoms with Crippen molar-refractivity contribution in [1.82, 2.24) is 4.72 Å². The molecule has 2 aromatic rings. The van der Waals surface area contributed by atoms with Gasteiger partial charge in [0, 0.05) is 25.3 Å². The van der Waals surface area contributed by atoms with Gasteiger partial charge in [0.15, 0.2) is 4.91 Å². The standard InChI is InChI=1S/C23H29N3O6S/c1-3-26(4-2)18-8-7-16-9-15(5-6-17(16)11-18)10-19(12-24)33(30,31)25-13-21-23(29)22(28)20(27)14-32-21/h5-11,20-23,25,27-29H,3-4,13-14H2,1-2H3. The zero-order valence-corrected chi connectivity index (χ0v) is 19.4. The Hall–Kier alpha value is -2.52. The second-order valence-corrected chi connectivity index (χ2v) is 9.59. The van der Waals surface area contributed by atoms with Gasteiger partial charge in [-0.2, -0.15) is 5.26 Å². The fraction of sp³-hybridized carbons (Fsp3) is 0.435. The lowest BCUT2D eigenvalue weighted by Gasteiger charge is -2.35. The molecule has 1 heterocycles. The summed E-state index contributed by atoms with van der Waals surface area (Å²) in [7, 11) is -4.19. The third kappa shape index (κ3) is 5.70. The van der Waals surface area contributed by atoms with Gasteiger partial charge in [-0.05, 0) is 54.5 Å². The summed E-state index contributed by atoms with van der Waals surface area (Å²) in [5, 5.41) is 40.6. The number of anilines is 1. The minimum Gasteiger partial charge on any atom is -0.388 e. The molecule has 0 aromatic heterocycles. The van der Waals surface area contributed by atoms with Crippen molar-refractivity contribution in [2.75, 3.05) is 31.1 Å². The first-order valence-electron chi connectivity index (χ1n) is 10.8. The van der Waals surface area contributed by atoms with Gasteiger partial charge >= 0.3 is 0 Å². The Morgan fingerprint density at radius 2 is 1.82 bits per heavy atom. The molecule has 1 aliphatic rings. The maximum absolute atomic E-state index is 12.7. The number of sulfonamides is 1. The molecular weight excluding hydrogens is 446 g/mol. The molecule has 4 N–H and O–H groups in total. The van der Waals surface area contributed by atoms with E-state index in [0.29, 0.717) is 5.56 Å². The van der Waals surface area contributed by atoms with Crippen molar-refractivity contribution in [3.8, 4) is 6.07 Å². The highest BCUT2D eigenvalue weighted by atomic mass is 32.2. The van der Waals surface area contributed by atoms with Gasteiger partial charge in [-0.1, -0.05) is 18.2 Å². The van der Waals surface area contributed by atoms with E-state index in [9.17, 15) is 29.0 Å². The smallest absolute Gasteiger partial charge is 0.250 e. The van der Waals surface area contributed by atoms with Crippen LogP contribution >= 0.6 is 0 Å². The van der Waals surface area contributed by atoms with Gasteiger partial charge in [0.05, 0.1) is 12.7 Å². The van der Waals surface area contributed by atoms with Crippen LogP contribution in [0.3, 0.4) is 0 Å². The second-order valence-electron chi connectivity index (χ2n) is 7.86. The fourth-order valence-electron chi connectivity index (χ4n) is 3.76. The van der Waals surface area contributed by atoms with E-state index in [1.165, 1.54) is 6.08 Å². The number of nitrogens with one attached hydrogen (secondary N) is 1. The van der Waals surface area contributed by atoms with E-state index < -0.39 is 39.3 Å². The lowest BCUT2D eigenvalue weighted by Crippen LogP contribution is -2.56. The van der Waals surface area contributed by atoms with Crippen LogP contribution < -0.4 is 9.62 Å². The lowest BCUT2D eigenvalue weighted by molar-refractivity contribution is -0.184. The Morgan fingerprint density at radius 3 is 2.48 bits per heavy atom. The van der Waals surface area contributed by atoms with Crippen molar-refractivity contribution in [2.24, 2.45) is 0 Å². The fourth-order valence-corrected chi connectivity index (χ4v) is 4.71. The van der Waals surface area contributed by atoms with Crippen molar-refractivity contribution in [3.63, 3.8) is 0 Å². The largest absolute Gasteiger partial charge is 0.388 e. The molecule has 9 nitrogen and oxygen atoms in total. The number of benzene rings is 2. The molecule has 1 aliphatic heterocycles. The molecule has 10 heteroatoms. The molecule has 0 spiro atoms. The minimum absolute atomic E-state index is 0.237. The van der Waals surface area contributed by atoms with Crippen molar-refractivity contribution < 1.29 is 28.5 Å². The zero-order valence-electron chi connectivity index (χ0n) is 18.5. The number of hydrogen-bond donors (Lipinski definition) is 4. The summed E-state index contributed by atoms with van der Waals surface area (Å²) in [5.41, 5.74) is 1.65. The van der Waals surface area contributed by atoms with E-state index in [0.717, 1.165) is 29.5 Å². The van der Waals surface area contributed by atoms with Crippen LogP contribution in [0, 0.1) is 11.3 Å². The van der Waals surface area contributed by atoms with Crippen LogP contribution in [0.2, 0.25) is 0 Å². The zero-order chi connectivity index (χ0) is 24.2. The molecule has 2 aromatic carbocycles. The number of fused-ring (bicyclic) bond motifs is 1. The number of nitrogens with zero attached hydrogens (tertiary/aromatic N) is 2. The van der Waals surface area contributed by atoms with Crippen LogP contribution in [-0.2, 0) is 14.8 Å². The van der Waals surface area contributed by atoms with Crippen LogP contribution in [0.1, 0.15) is 19.4 Å². The third-order valence-corrected chi connectivity index (χ3v) is 7.09. The van der Waals surface area contributed by atoms with Gasteiger partial charge in [-0.15, -0.1) is 0 Å². The van der Waals surface area contributed by atoms with Crippen LogP contribution in [0.5, 0.6) is 0 Å². The van der Waals surface area contributed by atoms with Crippen LogP contribution in [0.25, 0.3) is 16.8 Å². The summed E-state index contributed by atoms with van der Waals surface area (Å²) >= 11 is 0. The van der Waals surface area contributed by atoms with Gasteiger partial charge in [-0.25, -0.2) is 13.1 Å². The van der Waals surface area contributed by atoms with E-state index in [4.69, 9.17) is 4.74 Å². The minimum atomic E-state index is -4.19. The second kappa shape index (κ2) is 10.6. The van der Waals surface area contributed by atoms with Crippen molar-refractivity contribution >= 4 is 32.6 Å². The van der Waals surface area contributed by atoms with Gasteiger partial charge in [0.2, 0.25) is 0 Å². The van der Waals surface area contributed by atoms with Crippen LogP contribution in [0.4, 0.5) is 5.69 Å². The molecule has 0 amide bonds. The Labute approximate surface area is 193 Å². The van der Waals surface area contributed by atoms with E-state index in [1.54, 1.807) is 18.2 Å². The van der Waals surface area contributed by atoms with Gasteiger partial charge in [0.1, 0.15) is 24.4 Å². The predicted octanol–water partition coefficient (Wildman–Crippen LogP) is 0.951. The van der Waals surface area contributed by atoms with E-state index in [1.807, 2.05) is 18.2 Å². The van der Waals surface area contributed by atoms with Crippen molar-refractivity contribution in [3.05, 3.63) is 46.9 Å². The number of aliphatic hydroxyl groups is 3. The number of allylic oxidation sites excluding steroid dienone is 1. The Kier molecular flexibility index (Phi) is 8.07. The van der Waals surface area contributed by atoms with Gasteiger partial charge < -0.3 is 25.0 Å². The molecule has 0 saturated carbocycles. The normalized spacial score (nSPS) is 23.9. The number of nitriles is 1. The molecule has 33 heavy (non-hydrogen) atoms. The average Bonchev–Trinajstić information content (AvgIpc) is 2.81. The highest BCUT2D eigenvalue weighted by molar-refractivity contribution is 7.93. The topological polar surface area (TPSA) is 143 Å². The highest BCUT2D eigenvalue weighted by Crippen LogP contribution is 2.24. The van der Waals surface area contributed by atoms with E-state index in [2.05, 4.69) is 29.5 Å². The van der Waals surface area contributed by atoms with E-state index >= 15 is 0 Å². The molecule has 1 saturated heterocycles. The number of aliphatic hydroxyl groups excluding tert-OH is 3. The summed E-state index contributed by atoms with van der Waals surface area (Å²) in [6.45, 7) is 5.36. The summed E-state index contributed by atoms with van der Waals surface area (Å²) in [5.74, 6) is 0. The number of ether oxygens (including phenoxy) is 1. The summed E-state index contributed by atoms with van der Waals surface area (Å²) in [6, 6.07) is 13.2. The summed E-state index contributed by atoms with van der Waals surface area (Å²) in [6.07, 6.45) is -3.94. The van der Waals surface area contributed by atoms with Crippen LogP contribution in [0.15, 0.2) is 41.3 Å². The highest BCUT2D eigenvalue weighted by Gasteiger charge is 2.38. The molecule has 178 valence electrons. The molecule has 4 atom stereocenters. The van der Waals surface area contributed by atoms with E-state index in [-0.39, 0.29) is 13.2 Å². The van der Waals surface area contributed by atoms with Crippen molar-refractivity contribution in [1.29, 1.82) is 5.26 Å². The van der Waals surface area contributed by atoms with Crippen molar-refractivity contribution in [2.45, 2.75) is 38.3 Å². The maximum atomic E-state index is 12.7. The first-order chi connectivity index (χ1) is 15.7. The quantitative estimate of drug-likeness (QED) is 0.413. The molecule has 3 rings (SSSR count). The Balaban J connectivity index is 1.78. The monoisotopic (exact) mass is 475 g/mol. The molecular formula is C23H29N3O6S. The molecule has 4 unspecified atom stereocenters. The lowest BCUT2D eigenvalue weighted by atomic mass is 10.0. The average molecular weight is 476 g/mol. The predicted molar refractivity (Wildman–Crippen MR) is 126 cm³/mol.